The molecule has 0 saturated heterocycles. The minimum atomic E-state index is -0.141. The van der Waals surface area contributed by atoms with Gasteiger partial charge in [-0.1, -0.05) is 0 Å². The van der Waals surface area contributed by atoms with Gasteiger partial charge in [0.05, 0.1) is 13.1 Å². The van der Waals surface area contributed by atoms with Crippen LogP contribution >= 0.6 is 0 Å². The molecule has 3 heterocycles. The van der Waals surface area contributed by atoms with Crippen LogP contribution < -0.4 is 5.56 Å². The van der Waals surface area contributed by atoms with Gasteiger partial charge in [-0.3, -0.25) is 9.59 Å². The van der Waals surface area contributed by atoms with Crippen molar-refractivity contribution in [3.63, 3.8) is 0 Å². The topological polar surface area (TPSA) is 82.2 Å². The maximum atomic E-state index is 12.2. The van der Waals surface area contributed by atoms with Crippen LogP contribution in [0.3, 0.4) is 0 Å². The second-order valence-electron chi connectivity index (χ2n) is 5.61. The monoisotopic (exact) mass is 317 g/mol. The Morgan fingerprint density at radius 3 is 3.04 bits per heavy atom. The van der Waals surface area contributed by atoms with Crippen molar-refractivity contribution >= 4 is 5.91 Å². The lowest BCUT2D eigenvalue weighted by Gasteiger charge is -2.23. The van der Waals surface area contributed by atoms with Gasteiger partial charge in [-0.15, -0.1) is 0 Å². The standard InChI is InChI=1S/C15H19N5O3/c1-23-11-15(22)19-8-12(7-18-6-5-16-13(18)10-19)9-20-14(21)3-2-4-17-20/h2-6,12H,7-11H2,1H3. The molecule has 0 spiro atoms. The first-order valence-corrected chi connectivity index (χ1v) is 7.46. The molecule has 1 unspecified atom stereocenters. The largest absolute Gasteiger partial charge is 0.375 e. The van der Waals surface area contributed by atoms with Crippen LogP contribution in [0.5, 0.6) is 0 Å². The van der Waals surface area contributed by atoms with Crippen LogP contribution in [0.25, 0.3) is 0 Å². The molecule has 1 aliphatic heterocycles. The van der Waals surface area contributed by atoms with E-state index in [1.54, 1.807) is 23.4 Å². The van der Waals surface area contributed by atoms with E-state index >= 15 is 0 Å². The molecule has 0 saturated carbocycles. The van der Waals surface area contributed by atoms with E-state index in [2.05, 4.69) is 10.1 Å². The molecule has 1 amide bonds. The van der Waals surface area contributed by atoms with Crippen molar-refractivity contribution in [1.29, 1.82) is 0 Å². The van der Waals surface area contributed by atoms with Crippen molar-refractivity contribution in [2.45, 2.75) is 19.6 Å². The van der Waals surface area contributed by atoms with E-state index in [4.69, 9.17) is 4.74 Å². The van der Waals surface area contributed by atoms with Gasteiger partial charge < -0.3 is 14.2 Å². The molecule has 1 atom stereocenters. The fourth-order valence-corrected chi connectivity index (χ4v) is 2.83. The Labute approximate surface area is 133 Å². The third-order valence-electron chi connectivity index (χ3n) is 3.90. The molecular weight excluding hydrogens is 298 g/mol. The molecule has 122 valence electrons. The fourth-order valence-electron chi connectivity index (χ4n) is 2.83. The van der Waals surface area contributed by atoms with Gasteiger partial charge in [0.1, 0.15) is 12.4 Å². The van der Waals surface area contributed by atoms with Gasteiger partial charge in [-0.2, -0.15) is 5.10 Å². The van der Waals surface area contributed by atoms with Crippen molar-refractivity contribution in [2.24, 2.45) is 5.92 Å². The Kier molecular flexibility index (Phi) is 4.52. The molecule has 0 bridgehead atoms. The second-order valence-corrected chi connectivity index (χ2v) is 5.61. The summed E-state index contributed by atoms with van der Waals surface area (Å²) < 4.78 is 8.42. The van der Waals surface area contributed by atoms with Crippen LogP contribution in [0.2, 0.25) is 0 Å². The third kappa shape index (κ3) is 3.48. The highest BCUT2D eigenvalue weighted by atomic mass is 16.5. The predicted octanol–water partition coefficient (Wildman–Crippen LogP) is -0.255. The number of carbonyl (C=O) groups is 1. The van der Waals surface area contributed by atoms with Crippen molar-refractivity contribution in [2.75, 3.05) is 20.3 Å². The Bertz CT molecular complexity index is 738. The zero-order chi connectivity index (χ0) is 16.2. The number of rotatable bonds is 4. The van der Waals surface area contributed by atoms with E-state index in [0.29, 0.717) is 26.2 Å². The number of ether oxygens (including phenoxy) is 1. The van der Waals surface area contributed by atoms with Gasteiger partial charge in [-0.05, 0) is 6.07 Å². The second kappa shape index (κ2) is 6.74. The number of hydrogen-bond acceptors (Lipinski definition) is 5. The number of methoxy groups -OCH3 is 1. The normalized spacial score (nSPS) is 17.6. The highest BCUT2D eigenvalue weighted by molar-refractivity contribution is 5.77. The number of hydrogen-bond donors (Lipinski definition) is 0. The van der Waals surface area contributed by atoms with Crippen molar-refractivity contribution in [3.8, 4) is 0 Å². The van der Waals surface area contributed by atoms with E-state index in [1.165, 1.54) is 17.9 Å². The number of nitrogens with zero attached hydrogens (tertiary/aromatic N) is 5. The summed E-state index contributed by atoms with van der Waals surface area (Å²) in [6.45, 7) is 2.16. The minimum Gasteiger partial charge on any atom is -0.375 e. The summed E-state index contributed by atoms with van der Waals surface area (Å²) in [6, 6.07) is 3.11. The van der Waals surface area contributed by atoms with Crippen LogP contribution in [0, 0.1) is 5.92 Å². The molecule has 0 fully saturated rings. The van der Waals surface area contributed by atoms with E-state index in [9.17, 15) is 9.59 Å². The van der Waals surface area contributed by atoms with Crippen LogP contribution in [-0.4, -0.2) is 50.4 Å². The van der Waals surface area contributed by atoms with E-state index in [0.717, 1.165) is 5.82 Å². The van der Waals surface area contributed by atoms with Crippen LogP contribution in [0.15, 0.2) is 35.5 Å². The molecule has 0 aromatic carbocycles. The maximum Gasteiger partial charge on any atom is 0.266 e. The molecular formula is C15H19N5O3. The first-order chi connectivity index (χ1) is 11.2. The first kappa shape index (κ1) is 15.4. The van der Waals surface area contributed by atoms with Crippen LogP contribution in [0.4, 0.5) is 0 Å². The number of fused-ring (bicyclic) bond motifs is 1. The average Bonchev–Trinajstić information content (AvgIpc) is 2.88. The van der Waals surface area contributed by atoms with Gasteiger partial charge in [0, 0.05) is 50.8 Å². The summed E-state index contributed by atoms with van der Waals surface area (Å²) in [5.41, 5.74) is -0.141. The zero-order valence-electron chi connectivity index (χ0n) is 13.0. The maximum absolute atomic E-state index is 12.2. The molecule has 23 heavy (non-hydrogen) atoms. The zero-order valence-corrected chi connectivity index (χ0v) is 13.0. The number of amides is 1. The van der Waals surface area contributed by atoms with Gasteiger partial charge in [0.2, 0.25) is 5.91 Å². The SMILES string of the molecule is COCC(=O)N1Cc2nccn2CC(Cn2ncccc2=O)C1. The highest BCUT2D eigenvalue weighted by Crippen LogP contribution is 2.16. The summed E-state index contributed by atoms with van der Waals surface area (Å²) in [7, 11) is 1.50. The summed E-state index contributed by atoms with van der Waals surface area (Å²) in [5.74, 6) is 0.825. The van der Waals surface area contributed by atoms with Gasteiger partial charge >= 0.3 is 0 Å². The van der Waals surface area contributed by atoms with Gasteiger partial charge in [-0.25, -0.2) is 9.67 Å². The molecule has 8 nitrogen and oxygen atoms in total. The lowest BCUT2D eigenvalue weighted by Crippen LogP contribution is -2.38. The lowest BCUT2D eigenvalue weighted by molar-refractivity contribution is -0.136. The lowest BCUT2D eigenvalue weighted by atomic mass is 10.1. The Morgan fingerprint density at radius 2 is 2.26 bits per heavy atom. The molecule has 0 radical (unpaired) electrons. The smallest absolute Gasteiger partial charge is 0.266 e. The number of imidazole rings is 1. The van der Waals surface area contributed by atoms with E-state index in [1.807, 2.05) is 10.8 Å². The predicted molar refractivity (Wildman–Crippen MR) is 81.5 cm³/mol. The molecule has 0 aliphatic carbocycles. The first-order valence-electron chi connectivity index (χ1n) is 7.46. The number of aromatic nitrogens is 4. The molecule has 0 N–H and O–H groups in total. The quantitative estimate of drug-likeness (QED) is 0.776. The molecule has 8 heteroatoms. The molecule has 1 aliphatic rings. The average molecular weight is 317 g/mol. The minimum absolute atomic E-state index is 0.0387. The number of carbonyl (C=O) groups excluding carboxylic acids is 1. The fraction of sp³-hybridized carbons (Fsp3) is 0.467. The molecule has 2 aromatic heterocycles. The third-order valence-corrected chi connectivity index (χ3v) is 3.90. The van der Waals surface area contributed by atoms with E-state index < -0.39 is 0 Å². The summed E-state index contributed by atoms with van der Waals surface area (Å²) in [6.07, 6.45) is 5.21. The Morgan fingerprint density at radius 1 is 1.39 bits per heavy atom. The van der Waals surface area contributed by atoms with Gasteiger partial charge in [0.25, 0.3) is 5.56 Å². The summed E-state index contributed by atoms with van der Waals surface area (Å²) in [4.78, 5) is 30.1. The summed E-state index contributed by atoms with van der Waals surface area (Å²) >= 11 is 0. The summed E-state index contributed by atoms with van der Waals surface area (Å²) in [5, 5.41) is 4.10. The van der Waals surface area contributed by atoms with Crippen molar-refractivity contribution in [3.05, 3.63) is 46.9 Å². The van der Waals surface area contributed by atoms with Crippen molar-refractivity contribution in [1.82, 2.24) is 24.2 Å². The molecule has 2 aromatic rings. The van der Waals surface area contributed by atoms with Crippen LogP contribution in [0.1, 0.15) is 5.82 Å². The Hall–Kier alpha value is -2.48. The molecule has 3 rings (SSSR count). The van der Waals surface area contributed by atoms with Crippen LogP contribution in [-0.2, 0) is 29.2 Å². The van der Waals surface area contributed by atoms with Gasteiger partial charge in [0.15, 0.2) is 0 Å². The Balaban J connectivity index is 1.83. The van der Waals surface area contributed by atoms with Crippen molar-refractivity contribution < 1.29 is 9.53 Å². The van der Waals surface area contributed by atoms with E-state index in [-0.39, 0.29) is 24.0 Å². The highest BCUT2D eigenvalue weighted by Gasteiger charge is 2.26.